The number of rotatable bonds is 2. The Bertz CT molecular complexity index is 252. The number of nitrogens with one attached hydrogen (secondary N) is 1. The number of halogens is 2. The van der Waals surface area contributed by atoms with Gasteiger partial charge in [-0.25, -0.2) is 4.39 Å². The van der Waals surface area contributed by atoms with E-state index in [2.05, 4.69) is 5.43 Å². The number of benzene rings is 1. The van der Waals surface area contributed by atoms with Gasteiger partial charge in [0.2, 0.25) is 0 Å². The minimum atomic E-state index is -0.384. The summed E-state index contributed by atoms with van der Waals surface area (Å²) in [4.78, 5) is 0. The summed E-state index contributed by atoms with van der Waals surface area (Å²) in [6.07, 6.45) is 0. The van der Waals surface area contributed by atoms with Crippen LogP contribution in [0.3, 0.4) is 0 Å². The van der Waals surface area contributed by atoms with Crippen LogP contribution in [0, 0.1) is 5.82 Å². The molecule has 0 aliphatic carbocycles. The maximum atomic E-state index is 12.8. The van der Waals surface area contributed by atoms with Gasteiger partial charge < -0.3 is 5.43 Å². The number of hydrogen-bond acceptors (Lipinski definition) is 2. The van der Waals surface area contributed by atoms with Gasteiger partial charge in [0, 0.05) is 5.88 Å². The molecule has 0 atom stereocenters. The van der Waals surface area contributed by atoms with Gasteiger partial charge in [-0.3, -0.25) is 5.84 Å². The summed E-state index contributed by atoms with van der Waals surface area (Å²) in [6, 6.07) is 4.61. The zero-order chi connectivity index (χ0) is 8.27. The molecule has 0 radical (unpaired) electrons. The molecular formula is C7H8ClFN2. The average Bonchev–Trinajstić information content (AvgIpc) is 2.04. The Hall–Kier alpha value is -0.800. The van der Waals surface area contributed by atoms with Crippen molar-refractivity contribution >= 4 is 17.3 Å². The Kier molecular flexibility index (Phi) is 2.68. The van der Waals surface area contributed by atoms with Gasteiger partial charge >= 0.3 is 0 Å². The minimum Gasteiger partial charge on any atom is -0.321 e. The van der Waals surface area contributed by atoms with Crippen LogP contribution >= 0.6 is 11.6 Å². The van der Waals surface area contributed by atoms with E-state index in [-0.39, 0.29) is 11.5 Å². The van der Waals surface area contributed by atoms with Crippen molar-refractivity contribution in [3.8, 4) is 0 Å². The standard InChI is InChI=1S/C7H8ClFN2/c8-4-5-1-2-7(11-10)6(9)3-5/h1-3,11H,4,10H2. The normalized spacial score (nSPS) is 9.73. The molecule has 60 valence electrons. The van der Waals surface area contributed by atoms with Crippen LogP contribution < -0.4 is 11.3 Å². The molecule has 0 amide bonds. The molecule has 2 nitrogen and oxygen atoms in total. The summed E-state index contributed by atoms with van der Waals surface area (Å²) in [6.45, 7) is 0. The molecule has 0 aliphatic rings. The van der Waals surface area contributed by atoms with E-state index in [9.17, 15) is 4.39 Å². The molecule has 0 aliphatic heterocycles. The number of nitrogens with two attached hydrogens (primary N) is 1. The molecular weight excluding hydrogens is 167 g/mol. The number of hydrogen-bond donors (Lipinski definition) is 2. The zero-order valence-corrected chi connectivity index (χ0v) is 6.53. The van der Waals surface area contributed by atoms with Gasteiger partial charge in [-0.1, -0.05) is 6.07 Å². The fourth-order valence-corrected chi connectivity index (χ4v) is 0.925. The van der Waals surface area contributed by atoms with Crippen molar-refractivity contribution in [3.63, 3.8) is 0 Å². The van der Waals surface area contributed by atoms with E-state index in [0.29, 0.717) is 5.88 Å². The van der Waals surface area contributed by atoms with Crippen LogP contribution in [0.1, 0.15) is 5.56 Å². The largest absolute Gasteiger partial charge is 0.321 e. The van der Waals surface area contributed by atoms with E-state index in [1.807, 2.05) is 0 Å². The maximum absolute atomic E-state index is 12.8. The lowest BCUT2D eigenvalue weighted by Crippen LogP contribution is -2.08. The third-order valence-corrected chi connectivity index (χ3v) is 1.65. The second-order valence-electron chi connectivity index (χ2n) is 2.09. The van der Waals surface area contributed by atoms with E-state index < -0.39 is 0 Å². The number of hydrazine groups is 1. The fraction of sp³-hybridized carbons (Fsp3) is 0.143. The number of alkyl halides is 1. The Morgan fingerprint density at radius 2 is 2.27 bits per heavy atom. The molecule has 0 saturated carbocycles. The maximum Gasteiger partial charge on any atom is 0.147 e. The molecule has 0 unspecified atom stereocenters. The summed E-state index contributed by atoms with van der Waals surface area (Å²) < 4.78 is 12.8. The van der Waals surface area contributed by atoms with Crippen molar-refractivity contribution in [3.05, 3.63) is 29.6 Å². The monoisotopic (exact) mass is 174 g/mol. The molecule has 3 N–H and O–H groups in total. The number of nitrogen functional groups attached to an aromatic ring is 1. The van der Waals surface area contributed by atoms with Crippen molar-refractivity contribution in [2.45, 2.75) is 5.88 Å². The molecule has 1 rings (SSSR count). The van der Waals surface area contributed by atoms with Crippen LogP contribution in [-0.2, 0) is 5.88 Å². The molecule has 0 fully saturated rings. The predicted octanol–water partition coefficient (Wildman–Crippen LogP) is 1.85. The lowest BCUT2D eigenvalue weighted by Gasteiger charge is -2.02. The van der Waals surface area contributed by atoms with E-state index in [0.717, 1.165) is 5.56 Å². The van der Waals surface area contributed by atoms with Gasteiger partial charge in [-0.2, -0.15) is 0 Å². The smallest absolute Gasteiger partial charge is 0.147 e. The van der Waals surface area contributed by atoms with E-state index in [4.69, 9.17) is 17.4 Å². The molecule has 0 aromatic heterocycles. The topological polar surface area (TPSA) is 38.0 Å². The highest BCUT2D eigenvalue weighted by molar-refractivity contribution is 6.17. The minimum absolute atomic E-state index is 0.277. The first-order valence-electron chi connectivity index (χ1n) is 3.09. The summed E-state index contributed by atoms with van der Waals surface area (Å²) in [5.41, 5.74) is 3.24. The van der Waals surface area contributed by atoms with E-state index >= 15 is 0 Å². The highest BCUT2D eigenvalue weighted by Gasteiger charge is 1.99. The van der Waals surface area contributed by atoms with Gasteiger partial charge in [0.15, 0.2) is 0 Å². The molecule has 0 bridgehead atoms. The lowest BCUT2D eigenvalue weighted by atomic mass is 10.2. The van der Waals surface area contributed by atoms with Crippen molar-refractivity contribution < 1.29 is 4.39 Å². The Morgan fingerprint density at radius 3 is 2.73 bits per heavy atom. The molecule has 11 heavy (non-hydrogen) atoms. The summed E-state index contributed by atoms with van der Waals surface area (Å²) in [5.74, 6) is 4.94. The molecule has 1 aromatic rings. The van der Waals surface area contributed by atoms with Gasteiger partial charge in [0.05, 0.1) is 5.69 Å². The van der Waals surface area contributed by atoms with Crippen molar-refractivity contribution in [1.82, 2.24) is 0 Å². The highest BCUT2D eigenvalue weighted by atomic mass is 35.5. The first-order valence-corrected chi connectivity index (χ1v) is 3.62. The first kappa shape index (κ1) is 8.30. The van der Waals surface area contributed by atoms with Gasteiger partial charge in [0.1, 0.15) is 5.82 Å². The summed E-state index contributed by atoms with van der Waals surface area (Å²) in [5, 5.41) is 0. The van der Waals surface area contributed by atoms with Gasteiger partial charge in [0.25, 0.3) is 0 Å². The van der Waals surface area contributed by atoms with E-state index in [1.165, 1.54) is 6.07 Å². The van der Waals surface area contributed by atoms with E-state index in [1.54, 1.807) is 12.1 Å². The zero-order valence-electron chi connectivity index (χ0n) is 5.77. The van der Waals surface area contributed by atoms with Crippen molar-refractivity contribution in [2.75, 3.05) is 5.43 Å². The third kappa shape index (κ3) is 1.82. The van der Waals surface area contributed by atoms with Gasteiger partial charge in [-0.15, -0.1) is 11.6 Å². The fourth-order valence-electron chi connectivity index (χ4n) is 0.759. The molecule has 1 aromatic carbocycles. The average molecular weight is 175 g/mol. The SMILES string of the molecule is NNc1ccc(CCl)cc1F. The quantitative estimate of drug-likeness (QED) is 0.408. The van der Waals surface area contributed by atoms with Crippen molar-refractivity contribution in [2.24, 2.45) is 5.84 Å². The van der Waals surface area contributed by atoms with Crippen LogP contribution in [0.2, 0.25) is 0 Å². The Balaban J connectivity index is 2.99. The highest BCUT2D eigenvalue weighted by Crippen LogP contribution is 2.15. The second-order valence-corrected chi connectivity index (χ2v) is 2.36. The van der Waals surface area contributed by atoms with Crippen LogP contribution in [0.25, 0.3) is 0 Å². The first-order chi connectivity index (χ1) is 5.27. The van der Waals surface area contributed by atoms with Gasteiger partial charge in [-0.05, 0) is 17.7 Å². The number of anilines is 1. The van der Waals surface area contributed by atoms with Crippen LogP contribution in [0.4, 0.5) is 10.1 Å². The summed E-state index contributed by atoms with van der Waals surface area (Å²) >= 11 is 5.48. The van der Waals surface area contributed by atoms with Crippen LogP contribution in [0.15, 0.2) is 18.2 Å². The molecule has 0 heterocycles. The summed E-state index contributed by atoms with van der Waals surface area (Å²) in [7, 11) is 0. The Morgan fingerprint density at radius 1 is 1.55 bits per heavy atom. The second kappa shape index (κ2) is 3.55. The van der Waals surface area contributed by atoms with Crippen molar-refractivity contribution in [1.29, 1.82) is 0 Å². The van der Waals surface area contributed by atoms with Crippen LogP contribution in [-0.4, -0.2) is 0 Å². The molecule has 0 spiro atoms. The molecule has 0 saturated heterocycles. The molecule has 4 heteroatoms. The third-order valence-electron chi connectivity index (χ3n) is 1.34. The van der Waals surface area contributed by atoms with Crippen LogP contribution in [0.5, 0.6) is 0 Å². The Labute approximate surface area is 69.1 Å². The predicted molar refractivity (Wildman–Crippen MR) is 43.8 cm³/mol. The lowest BCUT2D eigenvalue weighted by molar-refractivity contribution is 0.629.